The van der Waals surface area contributed by atoms with Gasteiger partial charge < -0.3 is 9.80 Å². The Hall–Kier alpha value is -3.55. The third kappa shape index (κ3) is 3.37. The van der Waals surface area contributed by atoms with Crippen LogP contribution in [-0.4, -0.2) is 50.7 Å². The Bertz CT molecular complexity index is 1150. The van der Waals surface area contributed by atoms with Crippen molar-refractivity contribution in [2.45, 2.75) is 6.92 Å². The second-order valence-electron chi connectivity index (χ2n) is 7.10. The molecule has 0 atom stereocenters. The Morgan fingerprint density at radius 2 is 1.79 bits per heavy atom. The molecule has 0 N–H and O–H groups in total. The van der Waals surface area contributed by atoms with Gasteiger partial charge in [0.05, 0.1) is 11.9 Å². The summed E-state index contributed by atoms with van der Waals surface area (Å²) in [5, 5.41) is 4.73. The van der Waals surface area contributed by atoms with Crippen LogP contribution in [-0.2, 0) is 0 Å². The van der Waals surface area contributed by atoms with Crippen LogP contribution in [0.3, 0.4) is 0 Å². The molecule has 5 rings (SSSR count). The zero-order valence-corrected chi connectivity index (χ0v) is 16.0. The monoisotopic (exact) mass is 389 g/mol. The van der Waals surface area contributed by atoms with Gasteiger partial charge in [0.15, 0.2) is 5.65 Å². The summed E-state index contributed by atoms with van der Waals surface area (Å²) < 4.78 is 15.5. The van der Waals surface area contributed by atoms with Gasteiger partial charge in [0.25, 0.3) is 0 Å². The highest BCUT2D eigenvalue weighted by atomic mass is 19.1. The summed E-state index contributed by atoms with van der Waals surface area (Å²) in [5.41, 5.74) is 3.14. The Morgan fingerprint density at radius 1 is 0.966 bits per heavy atom. The molecule has 7 nitrogen and oxygen atoms in total. The highest BCUT2D eigenvalue weighted by Gasteiger charge is 2.21. The number of aromatic nitrogens is 5. The van der Waals surface area contributed by atoms with Crippen LogP contribution in [0.4, 0.5) is 16.0 Å². The van der Waals surface area contributed by atoms with E-state index in [1.165, 1.54) is 12.1 Å². The topological polar surface area (TPSA) is 62.5 Å². The maximum Gasteiger partial charge on any atom is 0.158 e. The number of hydrogen-bond acceptors (Lipinski definition) is 6. The molecule has 0 bridgehead atoms. The second-order valence-corrected chi connectivity index (χ2v) is 7.10. The molecule has 29 heavy (non-hydrogen) atoms. The van der Waals surface area contributed by atoms with E-state index in [2.05, 4.69) is 24.8 Å². The SMILES string of the molecule is Cc1cc(N2CCN(c3cnccn3)CC2)n2nc(-c3cccc(F)c3)cc2n1. The maximum absolute atomic E-state index is 13.6. The summed E-state index contributed by atoms with van der Waals surface area (Å²) in [5.74, 6) is 1.62. The normalized spacial score (nSPS) is 14.6. The van der Waals surface area contributed by atoms with E-state index in [1.807, 2.05) is 29.6 Å². The van der Waals surface area contributed by atoms with Crippen molar-refractivity contribution in [2.24, 2.45) is 0 Å². The fraction of sp³-hybridized carbons (Fsp3) is 0.238. The number of aryl methyl sites for hydroxylation is 1. The smallest absolute Gasteiger partial charge is 0.158 e. The van der Waals surface area contributed by atoms with Crippen LogP contribution in [0.1, 0.15) is 5.69 Å². The lowest BCUT2D eigenvalue weighted by Gasteiger charge is -2.36. The minimum atomic E-state index is -0.274. The van der Waals surface area contributed by atoms with Gasteiger partial charge in [-0.3, -0.25) is 4.98 Å². The zero-order chi connectivity index (χ0) is 19.8. The number of fused-ring (bicyclic) bond motifs is 1. The molecule has 3 aromatic heterocycles. The summed E-state index contributed by atoms with van der Waals surface area (Å²) in [6.45, 7) is 5.35. The van der Waals surface area contributed by atoms with Gasteiger partial charge in [-0.1, -0.05) is 12.1 Å². The Kier molecular flexibility index (Phi) is 4.31. The standard InChI is InChI=1S/C21H20FN7/c1-15-11-21(28-9-7-27(8-10-28)20-14-23-5-6-24-20)29-19(25-15)13-18(26-29)16-3-2-4-17(22)12-16/h2-6,11-14H,7-10H2,1H3. The minimum Gasteiger partial charge on any atom is -0.353 e. The largest absolute Gasteiger partial charge is 0.353 e. The lowest BCUT2D eigenvalue weighted by molar-refractivity contribution is 0.628. The lowest BCUT2D eigenvalue weighted by atomic mass is 10.1. The van der Waals surface area contributed by atoms with Crippen molar-refractivity contribution in [1.82, 2.24) is 24.6 Å². The fourth-order valence-corrected chi connectivity index (χ4v) is 3.71. The predicted molar refractivity (Wildman–Crippen MR) is 110 cm³/mol. The third-order valence-electron chi connectivity index (χ3n) is 5.13. The molecule has 1 fully saturated rings. The summed E-state index contributed by atoms with van der Waals surface area (Å²) in [7, 11) is 0. The first-order valence-corrected chi connectivity index (χ1v) is 9.57. The Balaban J connectivity index is 1.46. The molecule has 8 heteroatoms. The number of anilines is 2. The highest BCUT2D eigenvalue weighted by Crippen LogP contribution is 2.25. The van der Waals surface area contributed by atoms with E-state index in [1.54, 1.807) is 24.7 Å². The number of benzene rings is 1. The lowest BCUT2D eigenvalue weighted by Crippen LogP contribution is -2.47. The van der Waals surface area contributed by atoms with Gasteiger partial charge in [0.2, 0.25) is 0 Å². The van der Waals surface area contributed by atoms with Crippen LogP contribution in [0, 0.1) is 12.7 Å². The summed E-state index contributed by atoms with van der Waals surface area (Å²) in [4.78, 5) is 17.7. The first kappa shape index (κ1) is 17.5. The van der Waals surface area contributed by atoms with E-state index in [9.17, 15) is 4.39 Å². The van der Waals surface area contributed by atoms with Crippen molar-refractivity contribution in [3.05, 3.63) is 66.5 Å². The van der Waals surface area contributed by atoms with Gasteiger partial charge in [0.1, 0.15) is 17.5 Å². The molecule has 146 valence electrons. The molecule has 0 saturated carbocycles. The Morgan fingerprint density at radius 3 is 2.55 bits per heavy atom. The van der Waals surface area contributed by atoms with Crippen LogP contribution in [0.25, 0.3) is 16.9 Å². The van der Waals surface area contributed by atoms with Gasteiger partial charge in [-0.25, -0.2) is 14.4 Å². The van der Waals surface area contributed by atoms with Crippen molar-refractivity contribution >= 4 is 17.3 Å². The van der Waals surface area contributed by atoms with Crippen LogP contribution in [0.5, 0.6) is 0 Å². The molecule has 0 radical (unpaired) electrons. The first-order valence-electron chi connectivity index (χ1n) is 9.57. The molecule has 0 aliphatic carbocycles. The van der Waals surface area contributed by atoms with E-state index in [4.69, 9.17) is 5.10 Å². The minimum absolute atomic E-state index is 0.274. The number of rotatable bonds is 3. The van der Waals surface area contributed by atoms with Gasteiger partial charge >= 0.3 is 0 Å². The van der Waals surface area contributed by atoms with Crippen molar-refractivity contribution in [1.29, 1.82) is 0 Å². The van der Waals surface area contributed by atoms with Crippen molar-refractivity contribution in [3.8, 4) is 11.3 Å². The van der Waals surface area contributed by atoms with E-state index in [0.717, 1.165) is 54.7 Å². The molecule has 0 unspecified atom stereocenters. The maximum atomic E-state index is 13.6. The fourth-order valence-electron chi connectivity index (χ4n) is 3.71. The van der Waals surface area contributed by atoms with E-state index < -0.39 is 0 Å². The zero-order valence-electron chi connectivity index (χ0n) is 16.0. The van der Waals surface area contributed by atoms with Gasteiger partial charge in [-0.05, 0) is 19.1 Å². The number of hydrogen-bond donors (Lipinski definition) is 0. The molecular formula is C21H20FN7. The molecule has 4 aromatic rings. The van der Waals surface area contributed by atoms with Gasteiger partial charge in [-0.15, -0.1) is 0 Å². The molecule has 1 aliphatic heterocycles. The van der Waals surface area contributed by atoms with Crippen molar-refractivity contribution < 1.29 is 4.39 Å². The molecule has 0 spiro atoms. The quantitative estimate of drug-likeness (QED) is 0.537. The average molecular weight is 389 g/mol. The van der Waals surface area contributed by atoms with E-state index in [0.29, 0.717) is 5.69 Å². The Labute approximate surface area is 167 Å². The second kappa shape index (κ2) is 7.12. The molecule has 1 aromatic carbocycles. The van der Waals surface area contributed by atoms with Crippen LogP contribution in [0.15, 0.2) is 55.0 Å². The van der Waals surface area contributed by atoms with Gasteiger partial charge in [-0.2, -0.15) is 9.61 Å². The van der Waals surface area contributed by atoms with Crippen molar-refractivity contribution in [2.75, 3.05) is 36.0 Å². The molecule has 4 heterocycles. The molecular weight excluding hydrogens is 369 g/mol. The molecule has 1 aliphatic rings. The average Bonchev–Trinajstić information content (AvgIpc) is 3.18. The summed E-state index contributed by atoms with van der Waals surface area (Å²) in [6, 6.07) is 10.4. The number of piperazine rings is 1. The summed E-state index contributed by atoms with van der Waals surface area (Å²) in [6.07, 6.45) is 5.20. The van der Waals surface area contributed by atoms with Crippen LogP contribution in [0.2, 0.25) is 0 Å². The first-order chi connectivity index (χ1) is 14.2. The number of nitrogens with zero attached hydrogens (tertiary/aromatic N) is 7. The predicted octanol–water partition coefficient (Wildman–Crippen LogP) is 2.96. The summed E-state index contributed by atoms with van der Waals surface area (Å²) >= 11 is 0. The highest BCUT2D eigenvalue weighted by molar-refractivity contribution is 5.66. The van der Waals surface area contributed by atoms with Crippen molar-refractivity contribution in [3.63, 3.8) is 0 Å². The molecule has 1 saturated heterocycles. The van der Waals surface area contributed by atoms with Gasteiger partial charge in [0, 0.05) is 62.0 Å². The number of halogens is 1. The third-order valence-corrected chi connectivity index (χ3v) is 5.13. The van der Waals surface area contributed by atoms with Crippen LogP contribution < -0.4 is 9.80 Å². The van der Waals surface area contributed by atoms with Crippen LogP contribution >= 0.6 is 0 Å². The van der Waals surface area contributed by atoms with E-state index in [-0.39, 0.29) is 5.82 Å². The molecule has 0 amide bonds. The van der Waals surface area contributed by atoms with E-state index >= 15 is 0 Å².